The lowest BCUT2D eigenvalue weighted by Gasteiger charge is -2.31. The molecular formula is C15H22N2O2. The zero-order valence-electron chi connectivity index (χ0n) is 11.7. The molecule has 1 aromatic carbocycles. The van der Waals surface area contributed by atoms with Crippen molar-refractivity contribution in [3.05, 3.63) is 24.3 Å². The maximum Gasteiger partial charge on any atom is 0.241 e. The molecule has 2 rings (SSSR count). The lowest BCUT2D eigenvalue weighted by molar-refractivity contribution is -0.130. The number of benzene rings is 1. The second-order valence-corrected chi connectivity index (χ2v) is 5.14. The number of carbonyl (C=O) groups excluding carboxylic acids is 1. The average molecular weight is 262 g/mol. The molecule has 0 bridgehead atoms. The molecule has 0 radical (unpaired) electrons. The number of carbonyl (C=O) groups is 1. The number of anilines is 1. The second-order valence-electron chi connectivity index (χ2n) is 5.14. The predicted molar refractivity (Wildman–Crippen MR) is 76.5 cm³/mol. The van der Waals surface area contributed by atoms with Crippen molar-refractivity contribution in [2.45, 2.75) is 19.8 Å². The lowest BCUT2D eigenvalue weighted by atomic mass is 10.0. The van der Waals surface area contributed by atoms with E-state index in [9.17, 15) is 4.79 Å². The summed E-state index contributed by atoms with van der Waals surface area (Å²) in [6, 6.07) is 7.65. The molecule has 1 fully saturated rings. The Kier molecular flexibility index (Phi) is 4.66. The summed E-state index contributed by atoms with van der Waals surface area (Å²) in [6.45, 7) is 4.30. The highest BCUT2D eigenvalue weighted by Gasteiger charge is 2.20. The van der Waals surface area contributed by atoms with Crippen LogP contribution in [0.4, 0.5) is 5.69 Å². The van der Waals surface area contributed by atoms with E-state index < -0.39 is 0 Å². The third-order valence-electron chi connectivity index (χ3n) is 3.55. The minimum atomic E-state index is 0.164. The van der Waals surface area contributed by atoms with E-state index in [1.54, 1.807) is 7.11 Å². The van der Waals surface area contributed by atoms with E-state index in [0.29, 0.717) is 12.5 Å². The van der Waals surface area contributed by atoms with E-state index in [-0.39, 0.29) is 5.91 Å². The first-order chi connectivity index (χ1) is 9.20. The fraction of sp³-hybridized carbons (Fsp3) is 0.533. The minimum absolute atomic E-state index is 0.164. The minimum Gasteiger partial charge on any atom is -0.495 e. The van der Waals surface area contributed by atoms with Gasteiger partial charge in [0.25, 0.3) is 0 Å². The molecule has 0 aliphatic carbocycles. The normalized spacial score (nSPS) is 19.1. The van der Waals surface area contributed by atoms with Crippen LogP contribution in [-0.2, 0) is 4.79 Å². The number of para-hydroxylation sites is 2. The molecule has 0 aromatic heterocycles. The Balaban J connectivity index is 1.89. The molecule has 4 heteroatoms. The summed E-state index contributed by atoms with van der Waals surface area (Å²) in [6.07, 6.45) is 2.34. The Morgan fingerprint density at radius 2 is 2.26 bits per heavy atom. The molecule has 1 aromatic rings. The first-order valence-electron chi connectivity index (χ1n) is 6.85. The van der Waals surface area contributed by atoms with Crippen molar-refractivity contribution < 1.29 is 9.53 Å². The molecule has 1 unspecified atom stereocenters. The molecule has 1 aliphatic rings. The fourth-order valence-electron chi connectivity index (χ4n) is 2.49. The molecule has 4 nitrogen and oxygen atoms in total. The van der Waals surface area contributed by atoms with Crippen molar-refractivity contribution in [3.63, 3.8) is 0 Å². The van der Waals surface area contributed by atoms with Gasteiger partial charge >= 0.3 is 0 Å². The largest absolute Gasteiger partial charge is 0.495 e. The van der Waals surface area contributed by atoms with Crippen LogP contribution in [-0.4, -0.2) is 37.6 Å². The summed E-state index contributed by atoms with van der Waals surface area (Å²) in [7, 11) is 1.63. The SMILES string of the molecule is COc1ccccc1NCC(=O)N1CCCC(C)C1. The topological polar surface area (TPSA) is 41.6 Å². The summed E-state index contributed by atoms with van der Waals surface area (Å²) in [5, 5.41) is 3.16. The number of piperidine rings is 1. The molecule has 1 aliphatic heterocycles. The monoisotopic (exact) mass is 262 g/mol. The Morgan fingerprint density at radius 1 is 1.47 bits per heavy atom. The summed E-state index contributed by atoms with van der Waals surface area (Å²) in [4.78, 5) is 14.1. The van der Waals surface area contributed by atoms with Gasteiger partial charge in [-0.2, -0.15) is 0 Å². The maximum absolute atomic E-state index is 12.1. The molecule has 19 heavy (non-hydrogen) atoms. The molecule has 1 amide bonds. The molecule has 104 valence electrons. The Labute approximate surface area is 114 Å². The van der Waals surface area contributed by atoms with E-state index in [0.717, 1.165) is 30.9 Å². The highest BCUT2D eigenvalue weighted by molar-refractivity contribution is 5.81. The van der Waals surface area contributed by atoms with Crippen LogP contribution in [0.2, 0.25) is 0 Å². The highest BCUT2D eigenvalue weighted by atomic mass is 16.5. The summed E-state index contributed by atoms with van der Waals surface area (Å²) in [5.74, 6) is 1.55. The van der Waals surface area contributed by atoms with Gasteiger partial charge in [0.1, 0.15) is 5.75 Å². The Morgan fingerprint density at radius 3 is 3.00 bits per heavy atom. The van der Waals surface area contributed by atoms with Crippen molar-refractivity contribution in [2.75, 3.05) is 32.1 Å². The number of rotatable bonds is 4. The van der Waals surface area contributed by atoms with Gasteiger partial charge in [-0.15, -0.1) is 0 Å². The Hall–Kier alpha value is -1.71. The van der Waals surface area contributed by atoms with Crippen LogP contribution in [0.3, 0.4) is 0 Å². The van der Waals surface area contributed by atoms with Crippen molar-refractivity contribution in [2.24, 2.45) is 5.92 Å². The molecular weight excluding hydrogens is 240 g/mol. The van der Waals surface area contributed by atoms with Gasteiger partial charge in [-0.1, -0.05) is 19.1 Å². The summed E-state index contributed by atoms with van der Waals surface area (Å²) in [5.41, 5.74) is 0.864. The summed E-state index contributed by atoms with van der Waals surface area (Å²) < 4.78 is 5.25. The van der Waals surface area contributed by atoms with Crippen molar-refractivity contribution in [1.82, 2.24) is 4.90 Å². The number of nitrogens with one attached hydrogen (secondary N) is 1. The smallest absolute Gasteiger partial charge is 0.241 e. The molecule has 0 saturated carbocycles. The van der Waals surface area contributed by atoms with E-state index in [2.05, 4.69) is 12.2 Å². The van der Waals surface area contributed by atoms with Crippen LogP contribution >= 0.6 is 0 Å². The third-order valence-corrected chi connectivity index (χ3v) is 3.55. The number of methoxy groups -OCH3 is 1. The highest BCUT2D eigenvalue weighted by Crippen LogP contribution is 2.23. The van der Waals surface area contributed by atoms with Gasteiger partial charge < -0.3 is 15.0 Å². The molecule has 1 atom stereocenters. The van der Waals surface area contributed by atoms with Crippen LogP contribution in [0, 0.1) is 5.92 Å². The van der Waals surface area contributed by atoms with Crippen molar-refractivity contribution >= 4 is 11.6 Å². The number of nitrogens with zero attached hydrogens (tertiary/aromatic N) is 1. The van der Waals surface area contributed by atoms with Crippen LogP contribution in [0.15, 0.2) is 24.3 Å². The van der Waals surface area contributed by atoms with Crippen molar-refractivity contribution in [1.29, 1.82) is 0 Å². The number of amides is 1. The van der Waals surface area contributed by atoms with Gasteiger partial charge in [-0.25, -0.2) is 0 Å². The van der Waals surface area contributed by atoms with E-state index in [4.69, 9.17) is 4.74 Å². The first kappa shape index (κ1) is 13.7. The number of hydrogen-bond donors (Lipinski definition) is 1. The lowest BCUT2D eigenvalue weighted by Crippen LogP contribution is -2.41. The number of likely N-dealkylation sites (tertiary alicyclic amines) is 1. The second kappa shape index (κ2) is 6.45. The van der Waals surface area contributed by atoms with Crippen LogP contribution in [0.25, 0.3) is 0 Å². The summed E-state index contributed by atoms with van der Waals surface area (Å²) >= 11 is 0. The molecule has 1 N–H and O–H groups in total. The predicted octanol–water partition coefficient (Wildman–Crippen LogP) is 2.37. The number of hydrogen-bond acceptors (Lipinski definition) is 3. The number of ether oxygens (including phenoxy) is 1. The third kappa shape index (κ3) is 3.63. The van der Waals surface area contributed by atoms with Crippen LogP contribution in [0.5, 0.6) is 5.75 Å². The van der Waals surface area contributed by atoms with Crippen molar-refractivity contribution in [3.8, 4) is 5.75 Å². The molecule has 1 saturated heterocycles. The van der Waals surface area contributed by atoms with Crippen LogP contribution in [0.1, 0.15) is 19.8 Å². The molecule has 1 heterocycles. The molecule has 0 spiro atoms. The zero-order chi connectivity index (χ0) is 13.7. The van der Waals surface area contributed by atoms with E-state index >= 15 is 0 Å². The van der Waals surface area contributed by atoms with Gasteiger partial charge in [0.15, 0.2) is 0 Å². The van der Waals surface area contributed by atoms with Crippen LogP contribution < -0.4 is 10.1 Å². The first-order valence-corrected chi connectivity index (χ1v) is 6.85. The van der Waals surface area contributed by atoms with Gasteiger partial charge in [0, 0.05) is 13.1 Å². The maximum atomic E-state index is 12.1. The Bertz CT molecular complexity index is 434. The van der Waals surface area contributed by atoms with E-state index in [1.807, 2.05) is 29.2 Å². The van der Waals surface area contributed by atoms with Gasteiger partial charge in [-0.3, -0.25) is 4.79 Å². The van der Waals surface area contributed by atoms with Gasteiger partial charge in [0.2, 0.25) is 5.91 Å². The van der Waals surface area contributed by atoms with Gasteiger partial charge in [0.05, 0.1) is 19.3 Å². The zero-order valence-corrected chi connectivity index (χ0v) is 11.7. The fourth-order valence-corrected chi connectivity index (χ4v) is 2.49. The van der Waals surface area contributed by atoms with Gasteiger partial charge in [-0.05, 0) is 30.9 Å². The van der Waals surface area contributed by atoms with E-state index in [1.165, 1.54) is 6.42 Å². The quantitative estimate of drug-likeness (QED) is 0.905. The standard InChI is InChI=1S/C15H22N2O2/c1-12-6-5-9-17(11-12)15(18)10-16-13-7-3-4-8-14(13)19-2/h3-4,7-8,12,16H,5-6,9-11H2,1-2H3. The average Bonchev–Trinajstić information content (AvgIpc) is 2.45.